The van der Waals surface area contributed by atoms with Crippen LogP contribution < -0.4 is 0 Å². The number of hydrogen-bond donors (Lipinski definition) is 0. The molecule has 0 aliphatic heterocycles. The molecule has 2 rings (SSSR count). The Bertz CT molecular complexity index is 534. The Morgan fingerprint density at radius 2 is 1.33 bits per heavy atom. The Kier molecular flexibility index (Phi) is 8.62. The Morgan fingerprint density at radius 3 is 2.00 bits per heavy atom. The van der Waals surface area contributed by atoms with Gasteiger partial charge in [0.05, 0.1) is 0 Å². The van der Waals surface area contributed by atoms with Crippen molar-refractivity contribution in [2.24, 2.45) is 0 Å². The SMILES string of the molecule is CCCCCCCC[C@@H](c1ccccc1)N(C)Cc1ccccc1. The van der Waals surface area contributed by atoms with Crippen molar-refractivity contribution in [3.05, 3.63) is 71.8 Å². The number of unbranched alkanes of at least 4 members (excludes halogenated alkanes) is 5. The van der Waals surface area contributed by atoms with Gasteiger partial charge >= 0.3 is 0 Å². The molecule has 0 saturated carbocycles. The van der Waals surface area contributed by atoms with Crippen LogP contribution in [0.15, 0.2) is 60.7 Å². The van der Waals surface area contributed by atoms with Crippen LogP contribution in [-0.2, 0) is 6.54 Å². The molecule has 2 aromatic carbocycles. The lowest BCUT2D eigenvalue weighted by atomic mass is 9.98. The smallest absolute Gasteiger partial charge is 0.0348 e. The van der Waals surface area contributed by atoms with Crippen LogP contribution in [0.4, 0.5) is 0 Å². The minimum Gasteiger partial charge on any atom is -0.295 e. The highest BCUT2D eigenvalue weighted by Crippen LogP contribution is 2.27. The van der Waals surface area contributed by atoms with Crippen molar-refractivity contribution in [1.82, 2.24) is 4.90 Å². The van der Waals surface area contributed by atoms with E-state index in [9.17, 15) is 0 Å². The van der Waals surface area contributed by atoms with Crippen molar-refractivity contribution in [2.45, 2.75) is 64.5 Å². The first kappa shape index (κ1) is 18.7. The highest BCUT2D eigenvalue weighted by Gasteiger charge is 2.16. The lowest BCUT2D eigenvalue weighted by Gasteiger charge is -2.29. The summed E-state index contributed by atoms with van der Waals surface area (Å²) in [6.45, 7) is 3.29. The minimum atomic E-state index is 0.512. The Balaban J connectivity index is 1.92. The summed E-state index contributed by atoms with van der Waals surface area (Å²) in [7, 11) is 2.27. The molecule has 0 unspecified atom stereocenters. The summed E-state index contributed by atoms with van der Waals surface area (Å²) >= 11 is 0. The van der Waals surface area contributed by atoms with E-state index in [1.165, 1.54) is 56.1 Å². The van der Waals surface area contributed by atoms with Gasteiger partial charge in [0, 0.05) is 12.6 Å². The van der Waals surface area contributed by atoms with Gasteiger partial charge in [-0.05, 0) is 24.6 Å². The van der Waals surface area contributed by atoms with Gasteiger partial charge < -0.3 is 0 Å². The van der Waals surface area contributed by atoms with Crippen LogP contribution in [-0.4, -0.2) is 11.9 Å². The summed E-state index contributed by atoms with van der Waals surface area (Å²) in [4.78, 5) is 2.51. The second-order valence-corrected chi connectivity index (χ2v) is 6.88. The molecule has 1 heteroatoms. The van der Waals surface area contributed by atoms with Crippen LogP contribution in [0.5, 0.6) is 0 Å². The van der Waals surface area contributed by atoms with Gasteiger partial charge in [-0.3, -0.25) is 4.90 Å². The molecule has 130 valence electrons. The fraction of sp³-hybridized carbons (Fsp3) is 0.478. The van der Waals surface area contributed by atoms with E-state index in [1.807, 2.05) is 0 Å². The zero-order valence-electron chi connectivity index (χ0n) is 15.5. The van der Waals surface area contributed by atoms with Crippen LogP contribution in [0.25, 0.3) is 0 Å². The summed E-state index contributed by atoms with van der Waals surface area (Å²) in [6, 6.07) is 22.3. The highest BCUT2D eigenvalue weighted by molar-refractivity contribution is 5.20. The second-order valence-electron chi connectivity index (χ2n) is 6.88. The molecule has 0 N–H and O–H groups in total. The third kappa shape index (κ3) is 6.49. The maximum Gasteiger partial charge on any atom is 0.0348 e. The predicted molar refractivity (Wildman–Crippen MR) is 105 cm³/mol. The molecule has 0 aliphatic carbocycles. The molecule has 0 saturated heterocycles. The van der Waals surface area contributed by atoms with E-state index < -0.39 is 0 Å². The zero-order chi connectivity index (χ0) is 17.0. The molecule has 0 aromatic heterocycles. The Hall–Kier alpha value is -1.60. The van der Waals surface area contributed by atoms with Gasteiger partial charge in [0.25, 0.3) is 0 Å². The first-order chi connectivity index (χ1) is 11.8. The molecule has 0 radical (unpaired) electrons. The van der Waals surface area contributed by atoms with Crippen molar-refractivity contribution in [1.29, 1.82) is 0 Å². The van der Waals surface area contributed by atoms with Crippen molar-refractivity contribution in [2.75, 3.05) is 7.05 Å². The van der Waals surface area contributed by atoms with Crippen LogP contribution in [0.1, 0.15) is 69.0 Å². The molecular weight excluding hydrogens is 290 g/mol. The Labute approximate surface area is 148 Å². The minimum absolute atomic E-state index is 0.512. The topological polar surface area (TPSA) is 3.24 Å². The number of nitrogens with zero attached hydrogens (tertiary/aromatic N) is 1. The highest BCUT2D eigenvalue weighted by atomic mass is 15.1. The monoisotopic (exact) mass is 323 g/mol. The zero-order valence-corrected chi connectivity index (χ0v) is 15.5. The first-order valence-corrected chi connectivity index (χ1v) is 9.60. The maximum atomic E-state index is 2.51. The van der Waals surface area contributed by atoms with E-state index in [4.69, 9.17) is 0 Å². The van der Waals surface area contributed by atoms with Crippen molar-refractivity contribution >= 4 is 0 Å². The van der Waals surface area contributed by atoms with E-state index in [-0.39, 0.29) is 0 Å². The van der Waals surface area contributed by atoms with Gasteiger partial charge in [0.1, 0.15) is 0 Å². The maximum absolute atomic E-state index is 2.51. The fourth-order valence-electron chi connectivity index (χ4n) is 3.42. The summed E-state index contributed by atoms with van der Waals surface area (Å²) in [5, 5.41) is 0. The van der Waals surface area contributed by atoms with Gasteiger partial charge in [-0.1, -0.05) is 106 Å². The van der Waals surface area contributed by atoms with Crippen LogP contribution in [0.2, 0.25) is 0 Å². The van der Waals surface area contributed by atoms with Gasteiger partial charge in [-0.15, -0.1) is 0 Å². The normalized spacial score (nSPS) is 12.5. The summed E-state index contributed by atoms with van der Waals surface area (Å²) in [5.74, 6) is 0. The van der Waals surface area contributed by atoms with Gasteiger partial charge in [-0.2, -0.15) is 0 Å². The van der Waals surface area contributed by atoms with E-state index in [2.05, 4.69) is 79.5 Å². The largest absolute Gasteiger partial charge is 0.295 e. The van der Waals surface area contributed by atoms with Crippen LogP contribution in [0, 0.1) is 0 Å². The summed E-state index contributed by atoms with van der Waals surface area (Å²) in [5.41, 5.74) is 2.84. The molecule has 0 spiro atoms. The molecule has 1 atom stereocenters. The average molecular weight is 324 g/mol. The third-order valence-corrected chi connectivity index (χ3v) is 4.82. The molecule has 0 amide bonds. The van der Waals surface area contributed by atoms with Crippen LogP contribution >= 0.6 is 0 Å². The van der Waals surface area contributed by atoms with E-state index in [0.29, 0.717) is 6.04 Å². The van der Waals surface area contributed by atoms with E-state index >= 15 is 0 Å². The quantitative estimate of drug-likeness (QED) is 0.420. The van der Waals surface area contributed by atoms with Gasteiger partial charge in [0.2, 0.25) is 0 Å². The molecule has 0 aliphatic rings. The summed E-state index contributed by atoms with van der Waals surface area (Å²) in [6.07, 6.45) is 9.43. The predicted octanol–water partition coefficient (Wildman–Crippen LogP) is 6.61. The van der Waals surface area contributed by atoms with E-state index in [0.717, 1.165) is 6.54 Å². The van der Waals surface area contributed by atoms with E-state index in [1.54, 1.807) is 0 Å². The van der Waals surface area contributed by atoms with Crippen LogP contribution in [0.3, 0.4) is 0 Å². The average Bonchev–Trinajstić information content (AvgIpc) is 2.62. The standard InChI is InChI=1S/C23H33N/c1-3-4-5-6-7-14-19-23(22-17-12-9-13-18-22)24(2)20-21-15-10-8-11-16-21/h8-13,15-18,23H,3-7,14,19-20H2,1-2H3/t23-/m0/s1. The molecule has 0 heterocycles. The lowest BCUT2D eigenvalue weighted by Crippen LogP contribution is -2.24. The molecular formula is C23H33N. The lowest BCUT2D eigenvalue weighted by molar-refractivity contribution is 0.219. The second kappa shape index (κ2) is 11.0. The van der Waals surface area contributed by atoms with Crippen molar-refractivity contribution < 1.29 is 0 Å². The molecule has 1 nitrogen and oxygen atoms in total. The van der Waals surface area contributed by atoms with Crippen molar-refractivity contribution in [3.63, 3.8) is 0 Å². The number of benzene rings is 2. The van der Waals surface area contributed by atoms with Crippen molar-refractivity contribution in [3.8, 4) is 0 Å². The fourth-order valence-corrected chi connectivity index (χ4v) is 3.42. The molecule has 0 fully saturated rings. The summed E-state index contributed by atoms with van der Waals surface area (Å²) < 4.78 is 0. The molecule has 0 bridgehead atoms. The first-order valence-electron chi connectivity index (χ1n) is 9.60. The number of rotatable bonds is 11. The number of hydrogen-bond acceptors (Lipinski definition) is 1. The molecule has 24 heavy (non-hydrogen) atoms. The molecule has 2 aromatic rings. The Morgan fingerprint density at radius 1 is 0.750 bits per heavy atom. The third-order valence-electron chi connectivity index (χ3n) is 4.82. The van der Waals surface area contributed by atoms with Gasteiger partial charge in [-0.25, -0.2) is 0 Å². The van der Waals surface area contributed by atoms with Gasteiger partial charge in [0.15, 0.2) is 0 Å².